The second-order valence-corrected chi connectivity index (χ2v) is 10.2. The Labute approximate surface area is 213 Å². The molecule has 8 heteroatoms. The van der Waals surface area contributed by atoms with Crippen LogP contribution in [0.2, 0.25) is 0 Å². The first-order chi connectivity index (χ1) is 17.3. The van der Waals surface area contributed by atoms with E-state index < -0.39 is 29.5 Å². The number of aliphatic hydroxyl groups excluding tert-OH is 1. The van der Waals surface area contributed by atoms with Crippen molar-refractivity contribution in [3.05, 3.63) is 106 Å². The Morgan fingerprint density at radius 2 is 1.65 bits per heavy atom. The van der Waals surface area contributed by atoms with Crippen molar-refractivity contribution < 1.29 is 27.9 Å². The first-order valence-electron chi connectivity index (χ1n) is 11.7. The summed E-state index contributed by atoms with van der Waals surface area (Å²) in [6.07, 6.45) is -1.57. The van der Waals surface area contributed by atoms with Crippen molar-refractivity contribution >= 4 is 17.4 Å². The molecule has 5 nitrogen and oxygen atoms in total. The number of rotatable bonds is 4. The lowest BCUT2D eigenvalue weighted by Crippen LogP contribution is -2.29. The van der Waals surface area contributed by atoms with Gasteiger partial charge in [0.1, 0.15) is 5.76 Å². The molecule has 1 aliphatic rings. The number of carbonyl (C=O) groups excluding carboxylic acids is 2. The number of carbonyl (C=O) groups is 2. The Balaban J connectivity index is 1.87. The van der Waals surface area contributed by atoms with Gasteiger partial charge in [0.15, 0.2) is 0 Å². The molecule has 1 fully saturated rings. The maximum atomic E-state index is 13.3. The third-order valence-corrected chi connectivity index (χ3v) is 6.53. The Morgan fingerprint density at radius 3 is 2.27 bits per heavy atom. The van der Waals surface area contributed by atoms with Crippen LogP contribution in [-0.2, 0) is 27.7 Å². The molecule has 1 aliphatic heterocycles. The van der Waals surface area contributed by atoms with Crippen molar-refractivity contribution in [3.8, 4) is 0 Å². The number of hydrogen-bond acceptors (Lipinski definition) is 4. The summed E-state index contributed by atoms with van der Waals surface area (Å²) in [5, 5.41) is 11.5. The van der Waals surface area contributed by atoms with E-state index in [1.807, 2.05) is 32.9 Å². The molecular formula is C29H27F3N2O3. The monoisotopic (exact) mass is 508 g/mol. The SMILES string of the molecule is Cc1ccc(C(C)(C)C)cc1/C(O)=C1\C(=O)C(=O)N(Cc2cccc(C(F)(F)F)c2)C1c1ccncc1. The molecule has 1 saturated heterocycles. The van der Waals surface area contributed by atoms with E-state index in [0.29, 0.717) is 16.7 Å². The van der Waals surface area contributed by atoms with Gasteiger partial charge in [-0.05, 0) is 64.9 Å². The smallest absolute Gasteiger partial charge is 0.416 e. The number of nitrogens with zero attached hydrogens (tertiary/aromatic N) is 2. The van der Waals surface area contributed by atoms with Gasteiger partial charge in [0.05, 0.1) is 17.2 Å². The number of hydrogen-bond donors (Lipinski definition) is 1. The summed E-state index contributed by atoms with van der Waals surface area (Å²) in [6, 6.07) is 12.4. The van der Waals surface area contributed by atoms with Crippen LogP contribution in [0.1, 0.15) is 60.2 Å². The van der Waals surface area contributed by atoms with Crippen molar-refractivity contribution in [2.75, 3.05) is 0 Å². The molecule has 1 unspecified atom stereocenters. The van der Waals surface area contributed by atoms with Crippen molar-refractivity contribution in [1.82, 2.24) is 9.88 Å². The van der Waals surface area contributed by atoms with E-state index in [1.54, 1.807) is 25.1 Å². The molecule has 2 heterocycles. The van der Waals surface area contributed by atoms with Gasteiger partial charge in [-0.15, -0.1) is 0 Å². The van der Waals surface area contributed by atoms with Crippen LogP contribution in [0.4, 0.5) is 13.2 Å². The molecule has 0 aliphatic carbocycles. The zero-order chi connectivity index (χ0) is 27.1. The quantitative estimate of drug-likeness (QED) is 0.254. The van der Waals surface area contributed by atoms with Crippen LogP contribution >= 0.6 is 0 Å². The van der Waals surface area contributed by atoms with Gasteiger partial charge in [0.2, 0.25) is 0 Å². The maximum Gasteiger partial charge on any atom is 0.416 e. The van der Waals surface area contributed by atoms with E-state index in [-0.39, 0.29) is 28.9 Å². The molecule has 0 saturated carbocycles. The number of aryl methyl sites for hydroxylation is 1. The van der Waals surface area contributed by atoms with E-state index in [1.165, 1.54) is 29.4 Å². The average Bonchev–Trinajstić information content (AvgIpc) is 3.08. The number of amides is 1. The second kappa shape index (κ2) is 9.50. The zero-order valence-corrected chi connectivity index (χ0v) is 20.9. The zero-order valence-electron chi connectivity index (χ0n) is 20.9. The Bertz CT molecular complexity index is 1390. The number of aromatic nitrogens is 1. The summed E-state index contributed by atoms with van der Waals surface area (Å²) < 4.78 is 39.9. The van der Waals surface area contributed by atoms with Crippen molar-refractivity contribution in [1.29, 1.82) is 0 Å². The summed E-state index contributed by atoms with van der Waals surface area (Å²) in [4.78, 5) is 31.7. The van der Waals surface area contributed by atoms with Crippen molar-refractivity contribution in [3.63, 3.8) is 0 Å². The number of ketones is 1. The van der Waals surface area contributed by atoms with Gasteiger partial charge in [-0.2, -0.15) is 13.2 Å². The molecule has 1 aromatic heterocycles. The van der Waals surface area contributed by atoms with Crippen LogP contribution in [0, 0.1) is 6.92 Å². The van der Waals surface area contributed by atoms with E-state index in [4.69, 9.17) is 0 Å². The predicted octanol–water partition coefficient (Wildman–Crippen LogP) is 6.33. The number of Topliss-reactive ketones (excluding diaryl/α,β-unsaturated/α-hetero) is 1. The van der Waals surface area contributed by atoms with Crippen molar-refractivity contribution in [2.24, 2.45) is 0 Å². The standard InChI is InChI=1S/C29H27F3N2O3/c1-17-8-9-20(28(2,3)4)15-22(17)25(35)23-24(19-10-12-33-13-11-19)34(27(37)26(23)36)16-18-6-5-7-21(14-18)29(30,31)32/h5-15,24,35H,16H2,1-4H3/b25-23+. The van der Waals surface area contributed by atoms with Gasteiger partial charge in [-0.25, -0.2) is 0 Å². The molecule has 192 valence electrons. The summed E-state index contributed by atoms with van der Waals surface area (Å²) in [7, 11) is 0. The number of halogens is 3. The lowest BCUT2D eigenvalue weighted by atomic mass is 9.84. The summed E-state index contributed by atoms with van der Waals surface area (Å²) in [5.74, 6) is -2.12. The average molecular weight is 509 g/mol. The maximum absolute atomic E-state index is 13.3. The van der Waals surface area contributed by atoms with Crippen LogP contribution in [0.5, 0.6) is 0 Å². The van der Waals surface area contributed by atoms with Gasteiger partial charge < -0.3 is 10.0 Å². The minimum Gasteiger partial charge on any atom is -0.507 e. The summed E-state index contributed by atoms with van der Waals surface area (Å²) >= 11 is 0. The highest BCUT2D eigenvalue weighted by Crippen LogP contribution is 2.41. The molecule has 0 spiro atoms. The van der Waals surface area contributed by atoms with Crippen LogP contribution in [0.15, 0.2) is 72.6 Å². The lowest BCUT2D eigenvalue weighted by molar-refractivity contribution is -0.140. The van der Waals surface area contributed by atoms with E-state index in [9.17, 15) is 27.9 Å². The van der Waals surface area contributed by atoms with Gasteiger partial charge >= 0.3 is 6.18 Å². The topological polar surface area (TPSA) is 70.5 Å². The van der Waals surface area contributed by atoms with E-state index in [2.05, 4.69) is 4.98 Å². The molecule has 1 N–H and O–H groups in total. The summed E-state index contributed by atoms with van der Waals surface area (Å²) in [5.41, 5.74) is 1.58. The molecule has 2 aromatic carbocycles. The highest BCUT2D eigenvalue weighted by Gasteiger charge is 2.46. The number of alkyl halides is 3. The molecule has 3 aromatic rings. The Hall–Kier alpha value is -3.94. The van der Waals surface area contributed by atoms with Gasteiger partial charge in [-0.1, -0.05) is 45.0 Å². The molecule has 1 amide bonds. The first kappa shape index (κ1) is 26.1. The number of aliphatic hydroxyl groups is 1. The highest BCUT2D eigenvalue weighted by atomic mass is 19.4. The van der Waals surface area contributed by atoms with Crippen LogP contribution in [0.25, 0.3) is 5.76 Å². The third kappa shape index (κ3) is 5.14. The van der Waals surface area contributed by atoms with Crippen LogP contribution < -0.4 is 0 Å². The second-order valence-electron chi connectivity index (χ2n) is 10.2. The molecule has 0 radical (unpaired) electrons. The molecule has 4 rings (SSSR count). The van der Waals surface area contributed by atoms with Gasteiger partial charge in [0, 0.05) is 24.5 Å². The molecule has 0 bridgehead atoms. The fraction of sp³-hybridized carbons (Fsp3) is 0.276. The van der Waals surface area contributed by atoms with Gasteiger partial charge in [-0.3, -0.25) is 14.6 Å². The largest absolute Gasteiger partial charge is 0.507 e. The fourth-order valence-electron chi connectivity index (χ4n) is 4.47. The first-order valence-corrected chi connectivity index (χ1v) is 11.7. The molecule has 37 heavy (non-hydrogen) atoms. The van der Waals surface area contributed by atoms with Gasteiger partial charge in [0.25, 0.3) is 11.7 Å². The highest BCUT2D eigenvalue weighted by molar-refractivity contribution is 6.46. The Kier molecular flexibility index (Phi) is 6.71. The van der Waals surface area contributed by atoms with E-state index in [0.717, 1.165) is 17.7 Å². The van der Waals surface area contributed by atoms with Crippen LogP contribution in [0.3, 0.4) is 0 Å². The van der Waals surface area contributed by atoms with Crippen molar-refractivity contribution in [2.45, 2.75) is 51.9 Å². The number of likely N-dealkylation sites (tertiary alicyclic amines) is 1. The minimum atomic E-state index is -4.55. The molecular weight excluding hydrogens is 481 g/mol. The Morgan fingerprint density at radius 1 is 0.973 bits per heavy atom. The molecule has 1 atom stereocenters. The third-order valence-electron chi connectivity index (χ3n) is 6.53. The van der Waals surface area contributed by atoms with Crippen LogP contribution in [-0.4, -0.2) is 26.7 Å². The van der Waals surface area contributed by atoms with E-state index >= 15 is 0 Å². The number of benzene rings is 2. The predicted molar refractivity (Wildman–Crippen MR) is 133 cm³/mol. The summed E-state index contributed by atoms with van der Waals surface area (Å²) in [6.45, 7) is 7.60. The fourth-order valence-corrected chi connectivity index (χ4v) is 4.47. The number of pyridine rings is 1. The minimum absolute atomic E-state index is 0.114. The normalized spacial score (nSPS) is 17.9. The lowest BCUT2D eigenvalue weighted by Gasteiger charge is -2.26.